The van der Waals surface area contributed by atoms with Gasteiger partial charge in [-0.2, -0.15) is 10.5 Å². The van der Waals surface area contributed by atoms with Gasteiger partial charge < -0.3 is 0 Å². The van der Waals surface area contributed by atoms with E-state index in [1.54, 1.807) is 240 Å². The molecule has 0 aliphatic rings. The van der Waals surface area contributed by atoms with Crippen molar-refractivity contribution in [1.82, 2.24) is 0 Å². The summed E-state index contributed by atoms with van der Waals surface area (Å²) in [4.78, 5) is 20.7. The molecule has 4 aromatic rings. The Labute approximate surface area is 598 Å². The summed E-state index contributed by atoms with van der Waals surface area (Å²) in [5, 5.41) is 19.7. The van der Waals surface area contributed by atoms with Crippen molar-refractivity contribution in [3.63, 3.8) is 0 Å². The van der Waals surface area contributed by atoms with Crippen LogP contribution in [0.5, 0.6) is 0 Å². The van der Waals surface area contributed by atoms with Crippen molar-refractivity contribution in [3.05, 3.63) is 108 Å². The Morgan fingerprint density at radius 3 is 0.590 bits per heavy atom. The predicted octanol–water partition coefficient (Wildman–Crippen LogP) is 10.2. The minimum absolute atomic E-state index is 0.543. The third kappa shape index (κ3) is 72.2. The van der Waals surface area contributed by atoms with Crippen molar-refractivity contribution in [2.45, 2.75) is 44.5 Å². The van der Waals surface area contributed by atoms with Crippen molar-refractivity contribution in [2.24, 2.45) is 0 Å². The second kappa shape index (κ2) is 68.5. The molecule has 2 radical (unpaired) electrons. The van der Waals surface area contributed by atoms with Gasteiger partial charge in [0.25, 0.3) is 0 Å². The molecule has 4 rings (SSSR count). The average Bonchev–Trinajstić information content (AvgIpc) is 3.40. The van der Waals surface area contributed by atoms with Crippen LogP contribution in [0.3, 0.4) is 0 Å². The Balaban J connectivity index is -0.000000892. The molecular formula is C35H47ClN2P2S35Sn3. The predicted molar refractivity (Wildman–Crippen MR) is 466 cm³/mol. The van der Waals surface area contributed by atoms with Gasteiger partial charge in [0.2, 0.25) is 0 Å². The maximum atomic E-state index is 8.68. The van der Waals surface area contributed by atoms with E-state index in [2.05, 4.69) is 124 Å². The van der Waals surface area contributed by atoms with Gasteiger partial charge in [-0.15, -0.1) is 18.5 Å². The van der Waals surface area contributed by atoms with E-state index in [1.807, 2.05) is 48.5 Å². The standard InChI is InChI=1S/2C13H10NP.9CH3.ClH.S18.S17.3Sn/c2*14-9-10-1-3-11(4-2-10)12-5-7-13(15)8-6-12;;;;;;;;;;;1-3-5-7-9-11-13-15-17-18-16-14-12-10-8-6-4-2;1-3-5-7-9-11-13-15-17-16-14-12-10-8-6-4-2;;;/h2*1-8H,15H2;9*1H3;1H;;;;;/q;;;;;;;;;;;;;;;;+1/p-1. The van der Waals surface area contributed by atoms with Gasteiger partial charge in [-0.25, -0.2) is 0 Å². The molecule has 2 atom stereocenters. The van der Waals surface area contributed by atoms with Crippen LogP contribution in [-0.2, 0) is 320 Å². The Kier molecular flexibility index (Phi) is 78.4. The number of hydrogen-bond acceptors (Lipinski definition) is 6. The van der Waals surface area contributed by atoms with E-state index in [0.717, 1.165) is 11.1 Å². The second-order valence-electron chi connectivity index (χ2n) is 13.8. The molecule has 0 bridgehead atoms. The Bertz CT molecular complexity index is 3760. The molecule has 0 saturated heterocycles. The van der Waals surface area contributed by atoms with E-state index in [-0.39, 0.29) is 0 Å². The monoisotopic (exact) mass is 2070 g/mol. The summed E-state index contributed by atoms with van der Waals surface area (Å²) in [6.07, 6.45) is 0. The van der Waals surface area contributed by atoms with E-state index in [0.29, 0.717) is 11.1 Å². The molecule has 0 N–H and O–H groups in total. The summed E-state index contributed by atoms with van der Waals surface area (Å²) in [5.74, 6) is 0. The molecular weight excluding hydrogens is 2020 g/mol. The third-order valence-corrected chi connectivity index (χ3v) is 70.5. The second-order valence-corrected chi connectivity index (χ2v) is 107. The molecule has 43 heteroatoms. The van der Waals surface area contributed by atoms with Crippen molar-refractivity contribution in [3.8, 4) is 34.4 Å². The maximum absolute atomic E-state index is 8.68. The van der Waals surface area contributed by atoms with Crippen LogP contribution in [0.15, 0.2) is 97.1 Å². The number of rotatable bonds is 2. The Hall–Kier alpha value is 7.11. The number of hydrogen-bond donors (Lipinski definition) is 0. The Morgan fingerprint density at radius 2 is 0.462 bits per heavy atom. The van der Waals surface area contributed by atoms with Crippen LogP contribution in [0.1, 0.15) is 11.1 Å². The third-order valence-electron chi connectivity index (χ3n) is 5.32. The van der Waals surface area contributed by atoms with E-state index in [4.69, 9.17) is 64.2 Å². The van der Waals surface area contributed by atoms with Gasteiger partial charge in [0.15, 0.2) is 0 Å². The van der Waals surface area contributed by atoms with Gasteiger partial charge >= 0.3 is 110 Å². The summed E-state index contributed by atoms with van der Waals surface area (Å²) in [6.45, 7) is 0. The van der Waals surface area contributed by atoms with Crippen molar-refractivity contribution in [1.29, 1.82) is 10.5 Å². The zero-order valence-electron chi connectivity index (χ0n) is 41.5. The number of halogens is 1. The molecule has 4 aromatic carbocycles. The van der Waals surface area contributed by atoms with Crippen molar-refractivity contribution < 1.29 is 0 Å². The molecule has 2 unspecified atom stereocenters. The fourth-order valence-electron chi connectivity index (χ4n) is 3.13. The summed E-state index contributed by atoms with van der Waals surface area (Å²) in [5.41, 5.74) is 6.01. The van der Waals surface area contributed by atoms with Gasteiger partial charge in [-0.05, 0) is 57.1 Å². The molecule has 2 nitrogen and oxygen atoms in total. The van der Waals surface area contributed by atoms with Crippen LogP contribution in [0.2, 0.25) is 44.5 Å². The molecule has 0 aromatic heterocycles. The summed E-state index contributed by atoms with van der Waals surface area (Å²) in [6, 6.07) is 36.0. The first kappa shape index (κ1) is 89.3. The summed E-state index contributed by atoms with van der Waals surface area (Å²) < 4.78 is 0. The molecule has 436 valence electrons. The van der Waals surface area contributed by atoms with Gasteiger partial charge in [0.05, 0.1) is 23.3 Å². The zero-order valence-corrected chi connectivity index (χ0v) is 81.7. The quantitative estimate of drug-likeness (QED) is 0.147. The topological polar surface area (TPSA) is 47.6 Å². The van der Waals surface area contributed by atoms with Gasteiger partial charge in [0, 0.05) is 320 Å². The van der Waals surface area contributed by atoms with Crippen LogP contribution in [0.4, 0.5) is 0 Å². The molecule has 0 aliphatic heterocycles. The van der Waals surface area contributed by atoms with Gasteiger partial charge in [0.1, 0.15) is 0 Å². The first-order valence-electron chi connectivity index (χ1n) is 19.5. The first-order valence-corrected chi connectivity index (χ1v) is 94.0. The zero-order chi connectivity index (χ0) is 58.9. The van der Waals surface area contributed by atoms with E-state index in [9.17, 15) is 0 Å². The van der Waals surface area contributed by atoms with Crippen LogP contribution >= 0.6 is 27.4 Å². The van der Waals surface area contributed by atoms with Crippen LogP contribution in [-0.4, -0.2) is 56.8 Å². The molecule has 0 spiro atoms. The summed E-state index contributed by atoms with van der Waals surface area (Å²) in [7, 11) is 63.6. The van der Waals surface area contributed by atoms with Crippen LogP contribution < -0.4 is 10.6 Å². The van der Waals surface area contributed by atoms with E-state index < -0.39 is 56.8 Å². The van der Waals surface area contributed by atoms with Gasteiger partial charge in [-0.3, -0.25) is 0 Å². The number of nitrogens with zero attached hydrogens (tertiary/aromatic N) is 2. The molecule has 0 amide bonds. The normalized spacial score (nSPS) is 8.67. The average molecular weight is 2070 g/mol. The molecule has 0 fully saturated rings. The fourth-order valence-corrected chi connectivity index (χ4v) is 77.6. The van der Waals surface area contributed by atoms with Gasteiger partial charge in [-0.1, -0.05) is 72.8 Å². The number of nitriles is 2. The van der Waals surface area contributed by atoms with Crippen molar-refractivity contribution in [2.75, 3.05) is 0 Å². The van der Waals surface area contributed by atoms with E-state index in [1.165, 1.54) is 57.3 Å². The minimum atomic E-state index is -1.71. The Morgan fingerprint density at radius 1 is 0.333 bits per heavy atom. The SMILES string of the molecule is N#Cc1ccc(-c2ccc(P)cc2)cc1.N#Cc1ccc(-c2ccc(P)cc2)cc1.S=S=S=S=S=S=S=S=S=S=S=S=S=S=S=S=S.S=S=S=S=S=S=S=S=S=S=S=S=S=S=S=S=S=S.[CH3][Sn]([CH3])([CH3])[Cl].[CH3][Sn]([CH3])[CH3].[CH3][Sn]([CH3])[CH3]. The molecule has 0 saturated carbocycles. The first-order chi connectivity index (χ1) is 37.4. The summed E-state index contributed by atoms with van der Waals surface area (Å²) >= 11 is 16.2. The molecule has 78 heavy (non-hydrogen) atoms. The molecule has 0 heterocycles. The fraction of sp³-hybridized carbons (Fsp3) is 0.257. The molecule has 0 aliphatic carbocycles. The van der Waals surface area contributed by atoms with Crippen molar-refractivity contribution >= 4 is 415 Å². The van der Waals surface area contributed by atoms with E-state index >= 15 is 0 Å². The number of benzene rings is 4. The van der Waals surface area contributed by atoms with Crippen LogP contribution in [0.25, 0.3) is 22.3 Å². The van der Waals surface area contributed by atoms with Crippen LogP contribution in [0, 0.1) is 22.7 Å².